The summed E-state index contributed by atoms with van der Waals surface area (Å²) in [4.78, 5) is 35.3. The van der Waals surface area contributed by atoms with Crippen molar-refractivity contribution in [3.63, 3.8) is 0 Å². The Kier molecular flexibility index (Phi) is 6.71. The molecule has 0 unspecified atom stereocenters. The number of nitrogens with one attached hydrogen (secondary N) is 1. The van der Waals surface area contributed by atoms with Gasteiger partial charge in [0.15, 0.2) is 10.8 Å². The van der Waals surface area contributed by atoms with Crippen molar-refractivity contribution in [3.05, 3.63) is 45.7 Å². The zero-order valence-corrected chi connectivity index (χ0v) is 18.1. The SMILES string of the molecule is CCN[C@H]1CN(c2ccc3c(=O)c(C(=O)O)cn(-c4nccs4)c3n2)C[C@@H]1OC.Cl. The minimum absolute atomic E-state index is 0. The van der Waals surface area contributed by atoms with Gasteiger partial charge in [-0.2, -0.15) is 0 Å². The number of carboxylic acids is 1. The summed E-state index contributed by atoms with van der Waals surface area (Å²) in [7, 11) is 1.69. The van der Waals surface area contributed by atoms with Crippen LogP contribution < -0.4 is 15.6 Å². The van der Waals surface area contributed by atoms with E-state index >= 15 is 0 Å². The maximum atomic E-state index is 12.7. The molecule has 1 aliphatic rings. The average molecular weight is 452 g/mol. The normalized spacial score (nSPS) is 18.5. The fourth-order valence-electron chi connectivity index (χ4n) is 3.66. The zero-order valence-electron chi connectivity index (χ0n) is 16.4. The molecule has 0 radical (unpaired) electrons. The van der Waals surface area contributed by atoms with Crippen LogP contribution in [0.2, 0.25) is 0 Å². The number of likely N-dealkylation sites (N-methyl/N-ethyl adjacent to an activating group) is 1. The Hall–Kier alpha value is -2.53. The predicted molar refractivity (Wildman–Crippen MR) is 118 cm³/mol. The first-order valence-corrected chi connectivity index (χ1v) is 10.1. The number of carbonyl (C=O) groups is 1. The number of carboxylic acid groups (broad SMARTS) is 1. The van der Waals surface area contributed by atoms with Crippen molar-refractivity contribution in [2.24, 2.45) is 0 Å². The molecule has 4 rings (SSSR count). The zero-order chi connectivity index (χ0) is 20.5. The second-order valence-electron chi connectivity index (χ2n) is 6.75. The van der Waals surface area contributed by atoms with Crippen LogP contribution in [-0.2, 0) is 4.74 Å². The third-order valence-corrected chi connectivity index (χ3v) is 5.82. The molecule has 0 aromatic carbocycles. The van der Waals surface area contributed by atoms with Crippen LogP contribution in [0.15, 0.2) is 34.7 Å². The molecule has 1 fully saturated rings. The summed E-state index contributed by atoms with van der Waals surface area (Å²) >= 11 is 1.34. The van der Waals surface area contributed by atoms with Gasteiger partial charge in [0, 0.05) is 38.0 Å². The minimum Gasteiger partial charge on any atom is -0.477 e. The van der Waals surface area contributed by atoms with Gasteiger partial charge in [-0.3, -0.25) is 9.36 Å². The van der Waals surface area contributed by atoms with Gasteiger partial charge < -0.3 is 20.1 Å². The van der Waals surface area contributed by atoms with Crippen molar-refractivity contribution in [1.29, 1.82) is 0 Å². The molecule has 11 heteroatoms. The second-order valence-corrected chi connectivity index (χ2v) is 7.62. The summed E-state index contributed by atoms with van der Waals surface area (Å²) in [5.41, 5.74) is -0.482. The number of hydrogen-bond acceptors (Lipinski definition) is 8. The Balaban J connectivity index is 0.00000256. The Morgan fingerprint density at radius 2 is 2.20 bits per heavy atom. The van der Waals surface area contributed by atoms with Gasteiger partial charge in [0.25, 0.3) is 0 Å². The molecule has 0 saturated carbocycles. The summed E-state index contributed by atoms with van der Waals surface area (Å²) < 4.78 is 7.17. The lowest BCUT2D eigenvalue weighted by atomic mass is 10.2. The van der Waals surface area contributed by atoms with Crippen molar-refractivity contribution in [1.82, 2.24) is 19.9 Å². The van der Waals surface area contributed by atoms with E-state index in [0.717, 1.165) is 13.1 Å². The Labute approximate surface area is 182 Å². The number of aromatic nitrogens is 3. The van der Waals surface area contributed by atoms with Gasteiger partial charge in [0.2, 0.25) is 5.43 Å². The number of methoxy groups -OCH3 is 1. The van der Waals surface area contributed by atoms with Crippen LogP contribution in [0.1, 0.15) is 17.3 Å². The summed E-state index contributed by atoms with van der Waals surface area (Å²) in [5.74, 6) is -0.574. The average Bonchev–Trinajstić information content (AvgIpc) is 3.38. The lowest BCUT2D eigenvalue weighted by molar-refractivity contribution is 0.0695. The molecular formula is C19H22ClN5O4S. The molecule has 3 aromatic rings. The number of fused-ring (bicyclic) bond motifs is 1. The molecule has 30 heavy (non-hydrogen) atoms. The molecule has 1 saturated heterocycles. The van der Waals surface area contributed by atoms with Gasteiger partial charge >= 0.3 is 5.97 Å². The standard InChI is InChI=1S/C19H21N5O4S.ClH/c1-3-20-13-9-23(10-14(13)28-2)15-5-4-11-16(25)12(18(26)27)8-24(17(11)22-15)19-21-6-7-29-19;/h4-8,13-14,20H,3,9-10H2,1-2H3,(H,26,27);1H/t13-,14-;/m0./s1. The first kappa shape index (κ1) is 22.2. The van der Waals surface area contributed by atoms with Crippen LogP contribution in [0, 0.1) is 0 Å². The van der Waals surface area contributed by atoms with Crippen molar-refractivity contribution in [2.45, 2.75) is 19.1 Å². The van der Waals surface area contributed by atoms with E-state index in [2.05, 4.69) is 22.1 Å². The fourth-order valence-corrected chi connectivity index (χ4v) is 4.28. The molecule has 0 bridgehead atoms. The molecule has 2 atom stereocenters. The molecule has 9 nitrogen and oxygen atoms in total. The van der Waals surface area contributed by atoms with Crippen molar-refractivity contribution >= 4 is 46.6 Å². The highest BCUT2D eigenvalue weighted by atomic mass is 35.5. The topological polar surface area (TPSA) is 110 Å². The van der Waals surface area contributed by atoms with E-state index in [9.17, 15) is 14.7 Å². The minimum atomic E-state index is -1.28. The Morgan fingerprint density at radius 1 is 1.40 bits per heavy atom. The molecule has 1 aliphatic heterocycles. The molecule has 2 N–H and O–H groups in total. The smallest absolute Gasteiger partial charge is 0.341 e. The van der Waals surface area contributed by atoms with E-state index < -0.39 is 11.4 Å². The van der Waals surface area contributed by atoms with Gasteiger partial charge in [-0.25, -0.2) is 14.8 Å². The quantitative estimate of drug-likeness (QED) is 0.583. The molecular weight excluding hydrogens is 430 g/mol. The molecule has 3 aromatic heterocycles. The van der Waals surface area contributed by atoms with E-state index in [1.165, 1.54) is 17.5 Å². The number of thiazole rings is 1. The van der Waals surface area contributed by atoms with Crippen LogP contribution in [0.25, 0.3) is 16.2 Å². The van der Waals surface area contributed by atoms with Crippen LogP contribution in [0.4, 0.5) is 5.82 Å². The molecule has 0 aliphatic carbocycles. The highest BCUT2D eigenvalue weighted by Gasteiger charge is 2.33. The monoisotopic (exact) mass is 451 g/mol. The molecule has 0 spiro atoms. The fraction of sp³-hybridized carbons (Fsp3) is 0.368. The van der Waals surface area contributed by atoms with Crippen molar-refractivity contribution in [2.75, 3.05) is 31.6 Å². The predicted octanol–water partition coefficient (Wildman–Crippen LogP) is 1.78. The van der Waals surface area contributed by atoms with Gasteiger partial charge in [0.05, 0.1) is 17.5 Å². The number of anilines is 1. The second kappa shape index (κ2) is 9.09. The van der Waals surface area contributed by atoms with Crippen LogP contribution in [0.5, 0.6) is 0 Å². The van der Waals surface area contributed by atoms with Gasteiger partial charge in [-0.05, 0) is 18.7 Å². The lowest BCUT2D eigenvalue weighted by Gasteiger charge is -2.18. The maximum absolute atomic E-state index is 12.7. The highest BCUT2D eigenvalue weighted by molar-refractivity contribution is 7.12. The van der Waals surface area contributed by atoms with E-state index in [1.807, 2.05) is 0 Å². The summed E-state index contributed by atoms with van der Waals surface area (Å²) in [6, 6.07) is 3.57. The molecule has 160 valence electrons. The number of nitrogens with zero attached hydrogens (tertiary/aromatic N) is 4. The first-order chi connectivity index (χ1) is 14.0. The van der Waals surface area contributed by atoms with E-state index in [4.69, 9.17) is 9.72 Å². The lowest BCUT2D eigenvalue weighted by Crippen LogP contribution is -2.39. The number of halogens is 1. The van der Waals surface area contributed by atoms with Gasteiger partial charge in [-0.1, -0.05) is 6.92 Å². The van der Waals surface area contributed by atoms with E-state index in [-0.39, 0.29) is 35.5 Å². The number of pyridine rings is 2. The summed E-state index contributed by atoms with van der Waals surface area (Å²) in [6.45, 7) is 4.28. The third kappa shape index (κ3) is 3.91. The summed E-state index contributed by atoms with van der Waals surface area (Å²) in [6.07, 6.45) is 2.95. The van der Waals surface area contributed by atoms with Gasteiger partial charge in [-0.15, -0.1) is 23.7 Å². The van der Waals surface area contributed by atoms with E-state index in [1.54, 1.807) is 35.4 Å². The highest BCUT2D eigenvalue weighted by Crippen LogP contribution is 2.24. The van der Waals surface area contributed by atoms with Crippen molar-refractivity contribution < 1.29 is 14.6 Å². The first-order valence-electron chi connectivity index (χ1n) is 9.24. The largest absolute Gasteiger partial charge is 0.477 e. The van der Waals surface area contributed by atoms with E-state index in [0.29, 0.717) is 23.1 Å². The van der Waals surface area contributed by atoms with Crippen molar-refractivity contribution in [3.8, 4) is 5.13 Å². The van der Waals surface area contributed by atoms with Crippen LogP contribution >= 0.6 is 23.7 Å². The molecule has 0 amide bonds. The molecule has 4 heterocycles. The number of rotatable bonds is 6. The Morgan fingerprint density at radius 3 is 2.83 bits per heavy atom. The number of hydrogen-bond donors (Lipinski definition) is 2. The Bertz CT molecular complexity index is 1100. The summed E-state index contributed by atoms with van der Waals surface area (Å²) in [5, 5.41) is 15.4. The van der Waals surface area contributed by atoms with Gasteiger partial charge in [0.1, 0.15) is 11.4 Å². The van der Waals surface area contributed by atoms with Crippen LogP contribution in [-0.4, -0.2) is 64.5 Å². The number of ether oxygens (including phenoxy) is 1. The maximum Gasteiger partial charge on any atom is 0.341 e. The number of aromatic carboxylic acids is 1. The third-order valence-electron chi connectivity index (χ3n) is 5.05. The van der Waals surface area contributed by atoms with Crippen LogP contribution in [0.3, 0.4) is 0 Å².